The van der Waals surface area contributed by atoms with Crippen molar-refractivity contribution in [1.82, 2.24) is 25.1 Å². The number of carbonyl (C=O) groups excluding carboxylic acids is 5. The maximum Gasteiger partial charge on any atom is 0.433 e. The fraction of sp³-hybridized carbons (Fsp3) is 0.490. The van der Waals surface area contributed by atoms with Crippen molar-refractivity contribution in [1.29, 1.82) is 0 Å². The number of hydrogen-bond donors (Lipinski definition) is 4. The van der Waals surface area contributed by atoms with Crippen molar-refractivity contribution in [2.45, 2.75) is 127 Å². The molecule has 1 atom stereocenters. The van der Waals surface area contributed by atoms with E-state index >= 15 is 0 Å². The number of anilines is 2. The molecule has 16 heteroatoms. The average Bonchev–Trinajstić information content (AvgIpc) is 3.51. The number of nitrogens with zero attached hydrogens (tertiary/aromatic N) is 4. The third-order valence-electron chi connectivity index (χ3n) is 14.7. The second-order valence-electron chi connectivity index (χ2n) is 19.6. The number of nitrogens with one attached hydrogen (secondary N) is 3. The Kier molecular flexibility index (Phi) is 11.6. The molecule has 342 valence electrons. The molecule has 1 saturated heterocycles. The van der Waals surface area contributed by atoms with Crippen molar-refractivity contribution < 1.29 is 42.3 Å². The normalized spacial score (nSPS) is 26.0. The molecule has 2 aliphatic heterocycles. The molecule has 1 unspecified atom stereocenters. The van der Waals surface area contributed by atoms with E-state index in [4.69, 9.17) is 4.98 Å². The summed E-state index contributed by atoms with van der Waals surface area (Å²) in [7, 11) is 2.25. The second-order valence-corrected chi connectivity index (χ2v) is 19.6. The molecule has 1 spiro atoms. The van der Waals surface area contributed by atoms with E-state index in [1.165, 1.54) is 6.07 Å². The number of carbonyl (C=O) groups is 5. The number of alkyl halides is 3. The first kappa shape index (κ1) is 44.5. The highest BCUT2D eigenvalue weighted by atomic mass is 19.4. The number of pyridine rings is 2. The molecule has 0 radical (unpaired) electrons. The zero-order valence-electron chi connectivity index (χ0n) is 36.8. The molecule has 3 aliphatic carbocycles. The summed E-state index contributed by atoms with van der Waals surface area (Å²) in [5.74, 6) is -2.01. The summed E-state index contributed by atoms with van der Waals surface area (Å²) in [5, 5.41) is 21.1. The molecule has 4 aromatic rings. The predicted octanol–water partition coefficient (Wildman–Crippen LogP) is 7.94. The average molecular weight is 894 g/mol. The maximum atomic E-state index is 13.6. The summed E-state index contributed by atoms with van der Waals surface area (Å²) in [6, 6.07) is 13.6. The molecule has 2 aromatic heterocycles. The molecule has 65 heavy (non-hydrogen) atoms. The second kappa shape index (κ2) is 16.9. The summed E-state index contributed by atoms with van der Waals surface area (Å²) in [6.07, 6.45) is 7.92. The Hall–Kier alpha value is -5.74. The summed E-state index contributed by atoms with van der Waals surface area (Å²) in [4.78, 5) is 76.3. The van der Waals surface area contributed by atoms with Crippen LogP contribution in [0.25, 0.3) is 10.8 Å². The van der Waals surface area contributed by atoms with Crippen LogP contribution in [0.1, 0.15) is 145 Å². The lowest BCUT2D eigenvalue weighted by Crippen LogP contribution is -2.54. The first-order valence-electron chi connectivity index (χ1n) is 22.7. The number of hydrogen-bond acceptors (Lipinski definition) is 10. The van der Waals surface area contributed by atoms with Gasteiger partial charge < -0.3 is 20.6 Å². The SMILES string of the molecule is CN(CC1CCC(c2cc3cc(NC(=O)c4cccc(C(F)(F)F)n4)c(C(C)(C)O)cc3cn2)CC1)C1CCC2(CC1)CC(Nc1cccc3c1C(=O)N(C1CCC(=O)NC1=O)C3=O)C2. The number of amides is 5. The molecule has 4 fully saturated rings. The van der Waals surface area contributed by atoms with E-state index in [1.54, 1.807) is 44.3 Å². The number of aliphatic hydroxyl groups is 1. The fourth-order valence-electron chi connectivity index (χ4n) is 11.2. The van der Waals surface area contributed by atoms with E-state index in [0.717, 1.165) is 104 Å². The summed E-state index contributed by atoms with van der Waals surface area (Å²) < 4.78 is 40.0. The van der Waals surface area contributed by atoms with Crippen LogP contribution in [-0.4, -0.2) is 86.1 Å². The molecule has 3 saturated carbocycles. The quantitative estimate of drug-likeness (QED) is 0.115. The van der Waals surface area contributed by atoms with E-state index in [-0.39, 0.29) is 47.2 Å². The van der Waals surface area contributed by atoms with Gasteiger partial charge in [-0.3, -0.25) is 39.2 Å². The number of rotatable bonds is 10. The molecule has 5 amide bonds. The molecule has 0 bridgehead atoms. The fourth-order valence-corrected chi connectivity index (χ4v) is 11.2. The Morgan fingerprint density at radius 1 is 0.908 bits per heavy atom. The lowest BCUT2D eigenvalue weighted by atomic mass is 9.57. The van der Waals surface area contributed by atoms with E-state index < -0.39 is 53.0 Å². The van der Waals surface area contributed by atoms with Gasteiger partial charge in [-0.2, -0.15) is 13.2 Å². The molecule has 5 aliphatic rings. The van der Waals surface area contributed by atoms with Gasteiger partial charge in [-0.05, 0) is 151 Å². The van der Waals surface area contributed by atoms with Gasteiger partial charge in [0.15, 0.2) is 0 Å². The highest BCUT2D eigenvalue weighted by molar-refractivity contribution is 6.25. The van der Waals surface area contributed by atoms with Crippen molar-refractivity contribution in [2.75, 3.05) is 24.2 Å². The monoisotopic (exact) mass is 893 g/mol. The summed E-state index contributed by atoms with van der Waals surface area (Å²) in [5.41, 5.74) is 0.178. The van der Waals surface area contributed by atoms with Crippen LogP contribution < -0.4 is 16.0 Å². The number of benzene rings is 2. The van der Waals surface area contributed by atoms with Crippen molar-refractivity contribution in [3.8, 4) is 0 Å². The Morgan fingerprint density at radius 3 is 2.32 bits per heavy atom. The van der Waals surface area contributed by atoms with Crippen LogP contribution in [0, 0.1) is 11.3 Å². The number of fused-ring (bicyclic) bond motifs is 2. The number of imide groups is 2. The highest BCUT2D eigenvalue weighted by Gasteiger charge is 2.49. The Morgan fingerprint density at radius 2 is 1.63 bits per heavy atom. The van der Waals surface area contributed by atoms with Crippen molar-refractivity contribution in [2.24, 2.45) is 11.3 Å². The highest BCUT2D eigenvalue weighted by Crippen LogP contribution is 2.53. The number of aromatic nitrogens is 2. The van der Waals surface area contributed by atoms with Crippen LogP contribution in [-0.2, 0) is 21.4 Å². The van der Waals surface area contributed by atoms with E-state index in [0.29, 0.717) is 28.8 Å². The van der Waals surface area contributed by atoms with Gasteiger partial charge >= 0.3 is 6.18 Å². The molecule has 2 aromatic carbocycles. The molecule has 13 nitrogen and oxygen atoms in total. The molecule has 4 N–H and O–H groups in total. The van der Waals surface area contributed by atoms with Gasteiger partial charge in [-0.1, -0.05) is 12.1 Å². The van der Waals surface area contributed by atoms with Gasteiger partial charge in [0.05, 0.1) is 16.7 Å². The molecular weight excluding hydrogens is 840 g/mol. The van der Waals surface area contributed by atoms with Crippen LogP contribution in [0.2, 0.25) is 0 Å². The van der Waals surface area contributed by atoms with Crippen molar-refractivity contribution in [3.05, 3.63) is 94.6 Å². The van der Waals surface area contributed by atoms with Crippen LogP contribution in [0.3, 0.4) is 0 Å². The maximum absolute atomic E-state index is 13.6. The van der Waals surface area contributed by atoms with E-state index in [9.17, 15) is 42.3 Å². The third-order valence-corrected chi connectivity index (χ3v) is 14.7. The lowest BCUT2D eigenvalue weighted by molar-refractivity contribution is -0.141. The van der Waals surface area contributed by atoms with E-state index in [2.05, 4.69) is 32.9 Å². The minimum absolute atomic E-state index is 0.0755. The summed E-state index contributed by atoms with van der Waals surface area (Å²) in [6.45, 7) is 4.19. The minimum atomic E-state index is -4.70. The molecule has 4 heterocycles. The first-order valence-corrected chi connectivity index (χ1v) is 22.7. The Labute approximate surface area is 374 Å². The van der Waals surface area contributed by atoms with Crippen LogP contribution in [0.4, 0.5) is 24.5 Å². The standard InChI is InChI=1S/C49H54F3N7O6/c1-47(2,65)34-20-30-25-53-37(21-29(30)22-38(34)56-43(61)36-8-5-9-40(55-36)49(50,51)52)28-12-10-27(11-13-28)26-58(3)32-16-18-48(19-17-32)23-31(24-48)54-35-7-4-6-33-42(35)46(64)59(45(33)63)39-14-15-41(60)57-44(39)62/h4-9,20-22,25,27-28,31-32,39,54,65H,10-19,23-24,26H2,1-3H3,(H,56,61)(H,57,60,62). The Balaban J connectivity index is 0.764. The largest absolute Gasteiger partial charge is 0.433 e. The molecule has 9 rings (SSSR count). The van der Waals surface area contributed by atoms with Crippen molar-refractivity contribution in [3.63, 3.8) is 0 Å². The topological polar surface area (TPSA) is 174 Å². The summed E-state index contributed by atoms with van der Waals surface area (Å²) >= 11 is 0. The molecular formula is C49H54F3N7O6. The van der Waals surface area contributed by atoms with Gasteiger partial charge in [0, 0.05) is 65.2 Å². The van der Waals surface area contributed by atoms with Crippen LogP contribution in [0.15, 0.2) is 60.8 Å². The van der Waals surface area contributed by atoms with Gasteiger partial charge in [0.1, 0.15) is 17.4 Å². The lowest BCUT2D eigenvalue weighted by Gasteiger charge is -2.53. The van der Waals surface area contributed by atoms with Gasteiger partial charge in [-0.15, -0.1) is 0 Å². The van der Waals surface area contributed by atoms with Gasteiger partial charge in [0.25, 0.3) is 17.7 Å². The van der Waals surface area contributed by atoms with Crippen LogP contribution >= 0.6 is 0 Å². The van der Waals surface area contributed by atoms with Gasteiger partial charge in [0.2, 0.25) is 11.8 Å². The zero-order chi connectivity index (χ0) is 46.0. The third kappa shape index (κ3) is 8.86. The van der Waals surface area contributed by atoms with Gasteiger partial charge in [-0.25, -0.2) is 4.98 Å². The van der Waals surface area contributed by atoms with E-state index in [1.807, 2.05) is 12.1 Å². The Bertz CT molecular complexity index is 2570. The van der Waals surface area contributed by atoms with Crippen LogP contribution in [0.5, 0.6) is 0 Å². The smallest absolute Gasteiger partial charge is 0.386 e. The zero-order valence-corrected chi connectivity index (χ0v) is 36.8. The number of piperidine rings is 1. The minimum Gasteiger partial charge on any atom is -0.386 e. The number of halogens is 3. The predicted molar refractivity (Wildman–Crippen MR) is 236 cm³/mol. The van der Waals surface area contributed by atoms with Crippen molar-refractivity contribution >= 4 is 51.7 Å². The first-order chi connectivity index (χ1) is 30.9.